The van der Waals surface area contributed by atoms with Gasteiger partial charge in [0, 0.05) is 42.0 Å². The number of carboxylic acid groups (broad SMARTS) is 1. The van der Waals surface area contributed by atoms with E-state index in [1.807, 2.05) is 27.7 Å². The van der Waals surface area contributed by atoms with Crippen LogP contribution >= 0.6 is 0 Å². The van der Waals surface area contributed by atoms with Crippen LogP contribution in [-0.2, 0) is 38.4 Å². The Morgan fingerprint density at radius 2 is 1.26 bits per heavy atom. The molecule has 4 rings (SSSR count). The maximum Gasteiger partial charge on any atom is 0.490 e. The summed E-state index contributed by atoms with van der Waals surface area (Å²) in [5.74, 6) is -7.09. The highest BCUT2D eigenvalue weighted by Gasteiger charge is 2.40. The lowest BCUT2D eigenvalue weighted by Gasteiger charge is -2.30. The van der Waals surface area contributed by atoms with Gasteiger partial charge in [0.25, 0.3) is 0 Å². The van der Waals surface area contributed by atoms with Crippen LogP contribution in [0, 0.1) is 11.8 Å². The first-order valence-electron chi connectivity index (χ1n) is 22.9. The van der Waals surface area contributed by atoms with Gasteiger partial charge in [0.15, 0.2) is 11.6 Å². The molecule has 0 radical (unpaired) electrons. The molecule has 1 fully saturated rings. The number of nitrogens with zero attached hydrogens (tertiary/aromatic N) is 1. The zero-order chi connectivity index (χ0) is 52.6. The number of amides is 7. The lowest BCUT2D eigenvalue weighted by molar-refractivity contribution is -0.192. The van der Waals surface area contributed by atoms with E-state index in [0.29, 0.717) is 60.3 Å². The number of aliphatic carboxylic acids is 1. The number of rotatable bonds is 21. The Morgan fingerprint density at radius 3 is 1.84 bits per heavy atom. The number of benzene rings is 2. The van der Waals surface area contributed by atoms with Gasteiger partial charge in [0.05, 0.1) is 18.2 Å². The molecule has 20 nitrogen and oxygen atoms in total. The predicted octanol–water partition coefficient (Wildman–Crippen LogP) is 1.54. The Hall–Kier alpha value is -6.91. The Bertz CT molecular complexity index is 2270. The molecule has 0 aromatic heterocycles. The molecule has 10 N–H and O–H groups in total. The molecule has 0 saturated carbocycles. The molecule has 0 spiro atoms. The van der Waals surface area contributed by atoms with Crippen molar-refractivity contribution in [3.05, 3.63) is 64.7 Å². The third-order valence-electron chi connectivity index (χ3n) is 11.0. The number of carbonyl (C=O) groups is 10. The van der Waals surface area contributed by atoms with E-state index in [-0.39, 0.29) is 48.7 Å². The van der Waals surface area contributed by atoms with Crippen LogP contribution in [0.2, 0.25) is 0 Å². The fraction of sp³-hybridized carbons (Fsp3) is 0.532. The molecule has 1 aliphatic carbocycles. The minimum absolute atomic E-state index is 0.0143. The SMILES string of the molecule is CC(C)C[C@H](NC(=O)CNC(=O)[C@H](C)NC(=O)[C@@H](C)N)C(=O)N[C@@H](C)C(=O)N[C@@H](CC(C)C)C(=O)N1CCC[C@H]1C(=O)NCCCNc1cccc2c1C(=O)c1ccccc1C2=O.O=C(O)C(F)(F)F. The summed E-state index contributed by atoms with van der Waals surface area (Å²) in [4.78, 5) is 128. The normalized spacial score (nSPS) is 16.2. The van der Waals surface area contributed by atoms with Gasteiger partial charge in [-0.05, 0) is 70.8 Å². The maximum atomic E-state index is 14.0. The maximum absolute atomic E-state index is 14.0. The molecule has 2 aromatic carbocycles. The Labute approximate surface area is 403 Å². The smallest absolute Gasteiger partial charge is 0.475 e. The molecule has 0 unspecified atom stereocenters. The summed E-state index contributed by atoms with van der Waals surface area (Å²) in [7, 11) is 0. The van der Waals surface area contributed by atoms with Crippen molar-refractivity contribution >= 4 is 64.6 Å². The van der Waals surface area contributed by atoms with Crippen molar-refractivity contribution in [1.29, 1.82) is 0 Å². The van der Waals surface area contributed by atoms with Gasteiger partial charge in [0.2, 0.25) is 41.4 Å². The second kappa shape index (κ2) is 26.2. The summed E-state index contributed by atoms with van der Waals surface area (Å²) in [6, 6.07) is 6.16. The van der Waals surface area contributed by atoms with Crippen LogP contribution in [0.1, 0.15) is 112 Å². The first kappa shape index (κ1) is 57.4. The van der Waals surface area contributed by atoms with Crippen molar-refractivity contribution in [2.45, 2.75) is 123 Å². The lowest BCUT2D eigenvalue weighted by atomic mass is 9.83. The van der Waals surface area contributed by atoms with Crippen LogP contribution in [0.5, 0.6) is 0 Å². The number of anilines is 1. The second-order valence-electron chi connectivity index (χ2n) is 17.9. The number of likely N-dealkylation sites (tertiary alicyclic amines) is 1. The Morgan fingerprint density at radius 1 is 0.700 bits per heavy atom. The van der Waals surface area contributed by atoms with Crippen molar-refractivity contribution in [2.24, 2.45) is 17.6 Å². The third kappa shape index (κ3) is 16.7. The molecular weight excluding hydrogens is 924 g/mol. The summed E-state index contributed by atoms with van der Waals surface area (Å²) in [5, 5.41) is 26.1. The van der Waals surface area contributed by atoms with Gasteiger partial charge in [-0.15, -0.1) is 0 Å². The summed E-state index contributed by atoms with van der Waals surface area (Å²) in [5.41, 5.74) is 7.45. The average molecular weight is 988 g/mol. The topological polar surface area (TPSA) is 304 Å². The first-order chi connectivity index (χ1) is 32.7. The van der Waals surface area contributed by atoms with E-state index >= 15 is 0 Å². The van der Waals surface area contributed by atoms with Gasteiger partial charge in [-0.25, -0.2) is 4.79 Å². The number of nitrogens with one attached hydrogen (secondary N) is 7. The minimum atomic E-state index is -5.08. The quantitative estimate of drug-likeness (QED) is 0.0686. The number of fused-ring (bicyclic) bond motifs is 2. The molecule has 0 bridgehead atoms. The molecule has 384 valence electrons. The number of alkyl halides is 3. The molecule has 70 heavy (non-hydrogen) atoms. The van der Waals surface area contributed by atoms with Crippen LogP contribution in [0.25, 0.3) is 0 Å². The number of ketones is 2. The van der Waals surface area contributed by atoms with E-state index in [0.717, 1.165) is 0 Å². The van der Waals surface area contributed by atoms with E-state index in [9.17, 15) is 56.3 Å². The van der Waals surface area contributed by atoms with E-state index < -0.39 is 90.4 Å². The largest absolute Gasteiger partial charge is 0.490 e. The molecule has 7 amide bonds. The zero-order valence-electron chi connectivity index (χ0n) is 40.2. The van der Waals surface area contributed by atoms with Gasteiger partial charge >= 0.3 is 12.1 Å². The number of hydrogen-bond acceptors (Lipinski definition) is 12. The highest BCUT2D eigenvalue weighted by molar-refractivity contribution is 6.30. The van der Waals surface area contributed by atoms with Gasteiger partial charge in [-0.2, -0.15) is 13.2 Å². The van der Waals surface area contributed by atoms with Crippen molar-refractivity contribution < 1.29 is 66.2 Å². The third-order valence-corrected chi connectivity index (χ3v) is 11.0. The zero-order valence-corrected chi connectivity index (χ0v) is 40.2. The van der Waals surface area contributed by atoms with E-state index in [2.05, 4.69) is 37.2 Å². The second-order valence-corrected chi connectivity index (χ2v) is 17.9. The van der Waals surface area contributed by atoms with E-state index in [4.69, 9.17) is 15.6 Å². The monoisotopic (exact) mass is 987 g/mol. The highest BCUT2D eigenvalue weighted by atomic mass is 19.4. The molecule has 2 aromatic rings. The van der Waals surface area contributed by atoms with Crippen molar-refractivity contribution in [3.8, 4) is 0 Å². The van der Waals surface area contributed by atoms with Gasteiger partial charge < -0.3 is 53.0 Å². The number of carbonyl (C=O) groups excluding carboxylic acids is 9. The van der Waals surface area contributed by atoms with Crippen molar-refractivity contribution in [2.75, 3.05) is 31.5 Å². The van der Waals surface area contributed by atoms with Crippen LogP contribution in [0.15, 0.2) is 42.5 Å². The van der Waals surface area contributed by atoms with Gasteiger partial charge in [0.1, 0.15) is 30.2 Å². The fourth-order valence-corrected chi connectivity index (χ4v) is 7.48. The number of halogens is 3. The summed E-state index contributed by atoms with van der Waals surface area (Å²) < 4.78 is 31.7. The summed E-state index contributed by atoms with van der Waals surface area (Å²) in [6.07, 6.45) is -3.08. The van der Waals surface area contributed by atoms with Crippen LogP contribution < -0.4 is 43.0 Å². The Balaban J connectivity index is 0.00000171. The number of nitrogens with two attached hydrogens (primary N) is 1. The number of hydrogen-bond donors (Lipinski definition) is 9. The molecule has 1 saturated heterocycles. The van der Waals surface area contributed by atoms with Crippen LogP contribution in [0.4, 0.5) is 18.9 Å². The van der Waals surface area contributed by atoms with E-state index in [1.165, 1.54) is 25.7 Å². The molecule has 2 aliphatic rings. The molecule has 23 heteroatoms. The van der Waals surface area contributed by atoms with Crippen LogP contribution in [0.3, 0.4) is 0 Å². The lowest BCUT2D eigenvalue weighted by Crippen LogP contribution is -2.58. The van der Waals surface area contributed by atoms with Crippen molar-refractivity contribution in [3.63, 3.8) is 0 Å². The van der Waals surface area contributed by atoms with Gasteiger partial charge in [-0.3, -0.25) is 43.2 Å². The first-order valence-corrected chi connectivity index (χ1v) is 22.9. The van der Waals surface area contributed by atoms with Crippen LogP contribution in [-0.4, -0.2) is 137 Å². The highest BCUT2D eigenvalue weighted by Crippen LogP contribution is 2.32. The van der Waals surface area contributed by atoms with E-state index in [1.54, 1.807) is 42.5 Å². The minimum Gasteiger partial charge on any atom is -0.475 e. The summed E-state index contributed by atoms with van der Waals surface area (Å²) >= 11 is 0. The molecule has 1 heterocycles. The van der Waals surface area contributed by atoms with Crippen molar-refractivity contribution in [1.82, 2.24) is 36.8 Å². The van der Waals surface area contributed by atoms with Gasteiger partial charge in [-0.1, -0.05) is 64.1 Å². The summed E-state index contributed by atoms with van der Waals surface area (Å²) in [6.45, 7) is 12.4. The molecule has 1 aliphatic heterocycles. The number of carboxylic acids is 1. The predicted molar refractivity (Wildman–Crippen MR) is 249 cm³/mol. The molecular formula is C47H64F3N9O11. The molecule has 6 atom stereocenters. The standard InChI is InChI=1S/C45H63N9O9.C2HF3O2/c1-24(2)21-33(52-36(55)23-49-41(59)27(6)50-40(58)26(5)46)43(61)51-28(7)42(60)53-34(22-25(3)4)45(63)54-20-11-17-35(54)44(62)48-19-12-18-47-32-16-10-15-31-37(32)39(57)30-14-9-8-13-29(30)38(31)56;3-2(4,5)1(6)7/h8-10,13-16,24-28,33-35,47H,11-12,17-23,46H2,1-7H3,(H,48,62)(H,49,59)(H,50,58)(H,51,61)(H,52,55)(H,53,60);(H,6,7)/t26-,27+,28+,33+,34+,35+;/m1./s1. The Kier molecular flexibility index (Phi) is 21.5. The fourth-order valence-electron chi connectivity index (χ4n) is 7.48. The average Bonchev–Trinajstić information content (AvgIpc) is 3.79.